The number of nitrogens with one attached hydrogen (secondary N) is 1. The molecular weight excluding hydrogens is 136 g/mol. The second kappa shape index (κ2) is 2.44. The Morgan fingerprint density at radius 2 is 2.60 bits per heavy atom. The molecule has 0 aromatic carbocycles. The first-order valence-corrected chi connectivity index (χ1v) is 2.54. The van der Waals surface area contributed by atoms with Gasteiger partial charge < -0.3 is 0 Å². The largest absolute Gasteiger partial charge is 0.312 e. The monoisotopic (exact) mass is 142 g/mol. The van der Waals surface area contributed by atoms with Crippen LogP contribution >= 0.6 is 0 Å². The summed E-state index contributed by atoms with van der Waals surface area (Å²) in [6.07, 6.45) is 1.23. The molecule has 0 aliphatic rings. The minimum atomic E-state index is -0.667. The number of carbonyl (C=O) groups is 1. The summed E-state index contributed by atoms with van der Waals surface area (Å²) < 4.78 is 1.26. The molecule has 0 aliphatic carbocycles. The van der Waals surface area contributed by atoms with Crippen LogP contribution in [0.5, 0.6) is 0 Å². The lowest BCUT2D eigenvalue weighted by Gasteiger charge is -1.94. The van der Waals surface area contributed by atoms with E-state index in [1.165, 1.54) is 16.5 Å². The number of aromatic nitrogens is 3. The molecule has 1 aromatic heterocycles. The number of aryl methyl sites for hydroxylation is 1. The molecule has 6 nitrogen and oxygen atoms in total. The van der Waals surface area contributed by atoms with Gasteiger partial charge in [0.2, 0.25) is 5.82 Å². The third-order valence-electron chi connectivity index (χ3n) is 1.02. The third kappa shape index (κ3) is 0.960. The molecule has 0 aliphatic heterocycles. The van der Waals surface area contributed by atoms with Gasteiger partial charge in [-0.15, -0.1) is 0 Å². The molecule has 0 unspecified atom stereocenters. The van der Waals surface area contributed by atoms with Gasteiger partial charge in [0.25, 0.3) is 0 Å². The number of amides is 1. The number of carbonyl (C=O) groups excluding carboxylic acids is 1. The maximum Gasteiger partial charge on any atom is 0.312 e. The molecule has 1 aromatic rings. The molecule has 0 spiro atoms. The fourth-order valence-corrected chi connectivity index (χ4v) is 0.552. The van der Waals surface area contributed by atoms with Crippen molar-refractivity contribution < 1.29 is 10.0 Å². The Morgan fingerprint density at radius 3 is 3.00 bits per heavy atom. The second-order valence-corrected chi connectivity index (χ2v) is 1.65. The number of rotatable bonds is 1. The maximum atomic E-state index is 10.6. The molecule has 2 N–H and O–H groups in total. The van der Waals surface area contributed by atoms with E-state index in [-0.39, 0.29) is 5.82 Å². The van der Waals surface area contributed by atoms with Gasteiger partial charge in [0.1, 0.15) is 6.33 Å². The van der Waals surface area contributed by atoms with Crippen LogP contribution in [0.2, 0.25) is 0 Å². The van der Waals surface area contributed by atoms with Gasteiger partial charge in [0, 0.05) is 7.05 Å². The Hall–Kier alpha value is -1.43. The molecule has 1 amide bonds. The summed E-state index contributed by atoms with van der Waals surface area (Å²) in [6.45, 7) is 0. The third-order valence-corrected chi connectivity index (χ3v) is 1.02. The van der Waals surface area contributed by atoms with Crippen LogP contribution in [0.4, 0.5) is 0 Å². The normalized spacial score (nSPS) is 9.40. The average molecular weight is 142 g/mol. The van der Waals surface area contributed by atoms with E-state index in [2.05, 4.69) is 10.1 Å². The maximum absolute atomic E-state index is 10.6. The first-order valence-electron chi connectivity index (χ1n) is 2.54. The van der Waals surface area contributed by atoms with Gasteiger partial charge in [-0.25, -0.2) is 15.1 Å². The molecule has 1 heterocycles. The number of hydroxylamine groups is 1. The zero-order chi connectivity index (χ0) is 7.56. The van der Waals surface area contributed by atoms with Crippen molar-refractivity contribution in [2.75, 3.05) is 0 Å². The van der Waals surface area contributed by atoms with Gasteiger partial charge in [-0.2, -0.15) is 5.10 Å². The van der Waals surface area contributed by atoms with Crippen LogP contribution in [0.1, 0.15) is 10.6 Å². The molecule has 0 saturated carbocycles. The predicted octanol–water partition coefficient (Wildman–Crippen LogP) is -1.07. The highest BCUT2D eigenvalue weighted by atomic mass is 16.5. The van der Waals surface area contributed by atoms with Crippen molar-refractivity contribution in [3.8, 4) is 0 Å². The molecule has 0 radical (unpaired) electrons. The van der Waals surface area contributed by atoms with Crippen molar-refractivity contribution in [1.82, 2.24) is 20.2 Å². The summed E-state index contributed by atoms with van der Waals surface area (Å²) in [7, 11) is 1.55. The van der Waals surface area contributed by atoms with Crippen molar-refractivity contribution in [1.29, 1.82) is 0 Å². The van der Waals surface area contributed by atoms with Crippen LogP contribution in [-0.4, -0.2) is 25.9 Å². The van der Waals surface area contributed by atoms with Crippen LogP contribution in [-0.2, 0) is 7.05 Å². The lowest BCUT2D eigenvalue weighted by Crippen LogP contribution is -2.22. The molecule has 10 heavy (non-hydrogen) atoms. The molecule has 6 heteroatoms. The van der Waals surface area contributed by atoms with E-state index in [1.807, 2.05) is 0 Å². The van der Waals surface area contributed by atoms with Crippen molar-refractivity contribution in [3.63, 3.8) is 0 Å². The highest BCUT2D eigenvalue weighted by molar-refractivity contribution is 5.89. The smallest absolute Gasteiger partial charge is 0.288 e. The summed E-state index contributed by atoms with van der Waals surface area (Å²) in [6, 6.07) is 0. The summed E-state index contributed by atoms with van der Waals surface area (Å²) in [5.74, 6) is -0.595. The first kappa shape index (κ1) is 6.69. The van der Waals surface area contributed by atoms with Crippen LogP contribution in [0.15, 0.2) is 6.33 Å². The van der Waals surface area contributed by atoms with Gasteiger partial charge in [-0.3, -0.25) is 10.0 Å². The Kier molecular flexibility index (Phi) is 1.63. The Labute approximate surface area is 56.4 Å². The summed E-state index contributed by atoms with van der Waals surface area (Å²) in [5.41, 5.74) is 1.45. The Bertz CT molecular complexity index is 243. The SMILES string of the molecule is Cn1ncnc1C(=O)NO. The van der Waals surface area contributed by atoms with E-state index in [0.717, 1.165) is 0 Å². The standard InChI is InChI=1S/C4H6N4O2/c1-8-3(4(9)7-10)5-2-6-8/h2,10H,1H3,(H,7,9). The van der Waals surface area contributed by atoms with Gasteiger partial charge >= 0.3 is 5.91 Å². The minimum absolute atomic E-state index is 0.0718. The Balaban J connectivity index is 2.93. The highest BCUT2D eigenvalue weighted by Crippen LogP contribution is 1.87. The van der Waals surface area contributed by atoms with Gasteiger partial charge in [-0.05, 0) is 0 Å². The fourth-order valence-electron chi connectivity index (χ4n) is 0.552. The van der Waals surface area contributed by atoms with Crippen molar-refractivity contribution in [2.45, 2.75) is 0 Å². The molecule has 1 rings (SSSR count). The quantitative estimate of drug-likeness (QED) is 0.386. The van der Waals surface area contributed by atoms with Crippen LogP contribution in [0.25, 0.3) is 0 Å². The fraction of sp³-hybridized carbons (Fsp3) is 0.250. The van der Waals surface area contributed by atoms with Gasteiger partial charge in [0.05, 0.1) is 0 Å². The topological polar surface area (TPSA) is 80.0 Å². The molecular formula is C4H6N4O2. The van der Waals surface area contributed by atoms with E-state index >= 15 is 0 Å². The number of nitrogens with zero attached hydrogens (tertiary/aromatic N) is 3. The van der Waals surface area contributed by atoms with Gasteiger partial charge in [0.15, 0.2) is 0 Å². The van der Waals surface area contributed by atoms with E-state index in [4.69, 9.17) is 5.21 Å². The first-order chi connectivity index (χ1) is 4.75. The second-order valence-electron chi connectivity index (χ2n) is 1.65. The van der Waals surface area contributed by atoms with Crippen molar-refractivity contribution in [2.24, 2.45) is 7.05 Å². The van der Waals surface area contributed by atoms with Crippen molar-refractivity contribution in [3.05, 3.63) is 12.2 Å². The van der Waals surface area contributed by atoms with E-state index < -0.39 is 5.91 Å². The average Bonchev–Trinajstić information content (AvgIpc) is 2.34. The highest BCUT2D eigenvalue weighted by Gasteiger charge is 2.08. The molecule has 0 atom stereocenters. The molecule has 0 bridgehead atoms. The van der Waals surface area contributed by atoms with E-state index in [9.17, 15) is 4.79 Å². The molecule has 54 valence electrons. The number of hydrogen-bond donors (Lipinski definition) is 2. The van der Waals surface area contributed by atoms with Crippen molar-refractivity contribution >= 4 is 5.91 Å². The Morgan fingerprint density at radius 1 is 1.90 bits per heavy atom. The zero-order valence-electron chi connectivity index (χ0n) is 5.27. The summed E-state index contributed by atoms with van der Waals surface area (Å²) in [4.78, 5) is 14.2. The minimum Gasteiger partial charge on any atom is -0.288 e. The van der Waals surface area contributed by atoms with E-state index in [0.29, 0.717) is 0 Å². The van der Waals surface area contributed by atoms with Crippen LogP contribution < -0.4 is 5.48 Å². The lowest BCUT2D eigenvalue weighted by atomic mass is 10.6. The van der Waals surface area contributed by atoms with E-state index in [1.54, 1.807) is 7.05 Å². The summed E-state index contributed by atoms with van der Waals surface area (Å²) in [5, 5.41) is 11.8. The van der Waals surface area contributed by atoms with Crippen LogP contribution in [0.3, 0.4) is 0 Å². The van der Waals surface area contributed by atoms with Crippen LogP contribution in [0, 0.1) is 0 Å². The number of hydrogen-bond acceptors (Lipinski definition) is 4. The van der Waals surface area contributed by atoms with Gasteiger partial charge in [-0.1, -0.05) is 0 Å². The molecule has 0 saturated heterocycles. The molecule has 0 fully saturated rings. The predicted molar refractivity (Wildman–Crippen MR) is 30.3 cm³/mol. The lowest BCUT2D eigenvalue weighted by molar-refractivity contribution is 0.0690. The zero-order valence-corrected chi connectivity index (χ0v) is 5.27. The summed E-state index contributed by atoms with van der Waals surface area (Å²) >= 11 is 0.